The smallest absolute Gasteiger partial charge is 0.249 e. The summed E-state index contributed by atoms with van der Waals surface area (Å²) in [7, 11) is 1.62. The number of amides is 2. The van der Waals surface area contributed by atoms with Gasteiger partial charge in [0, 0.05) is 31.4 Å². The Morgan fingerprint density at radius 3 is 2.65 bits per heavy atom. The van der Waals surface area contributed by atoms with E-state index in [4.69, 9.17) is 4.74 Å². The number of piperazine rings is 1. The van der Waals surface area contributed by atoms with E-state index in [1.165, 1.54) is 0 Å². The molecule has 2 heterocycles. The predicted molar refractivity (Wildman–Crippen MR) is 99.8 cm³/mol. The van der Waals surface area contributed by atoms with Crippen molar-refractivity contribution in [1.82, 2.24) is 15.8 Å². The highest BCUT2D eigenvalue weighted by atomic mass is 16.5. The first-order valence-corrected chi connectivity index (χ1v) is 9.31. The molecule has 2 aliphatic heterocycles. The average molecular weight is 360 g/mol. The molecule has 3 rings (SSSR count). The molecular weight excluding hydrogens is 332 g/mol. The lowest BCUT2D eigenvalue weighted by molar-refractivity contribution is -0.144. The molecule has 142 valence electrons. The minimum Gasteiger partial charge on any atom is -0.497 e. The van der Waals surface area contributed by atoms with Crippen molar-refractivity contribution < 1.29 is 14.3 Å². The Balaban J connectivity index is 1.69. The number of hydrazine groups is 1. The largest absolute Gasteiger partial charge is 0.497 e. The van der Waals surface area contributed by atoms with Crippen LogP contribution in [0.5, 0.6) is 5.75 Å². The topological polar surface area (TPSA) is 73.9 Å². The van der Waals surface area contributed by atoms with Gasteiger partial charge in [-0.05, 0) is 37.6 Å². The summed E-state index contributed by atoms with van der Waals surface area (Å²) in [5.41, 5.74) is 7.12. The monoisotopic (exact) mass is 360 g/mol. The van der Waals surface area contributed by atoms with Gasteiger partial charge in [-0.3, -0.25) is 20.4 Å². The van der Waals surface area contributed by atoms with Crippen LogP contribution in [0.2, 0.25) is 0 Å². The first-order valence-electron chi connectivity index (χ1n) is 9.31. The van der Waals surface area contributed by atoms with Gasteiger partial charge in [0.15, 0.2) is 0 Å². The number of benzene rings is 1. The van der Waals surface area contributed by atoms with Crippen LogP contribution in [0.4, 0.5) is 5.69 Å². The van der Waals surface area contributed by atoms with Gasteiger partial charge in [0.05, 0.1) is 13.0 Å². The van der Waals surface area contributed by atoms with Crippen molar-refractivity contribution in [2.24, 2.45) is 5.92 Å². The first-order chi connectivity index (χ1) is 12.6. The number of rotatable bonds is 5. The van der Waals surface area contributed by atoms with E-state index >= 15 is 0 Å². The van der Waals surface area contributed by atoms with Gasteiger partial charge in [-0.15, -0.1) is 0 Å². The van der Waals surface area contributed by atoms with E-state index in [-0.39, 0.29) is 23.8 Å². The van der Waals surface area contributed by atoms with Gasteiger partial charge >= 0.3 is 0 Å². The second kappa shape index (κ2) is 8.05. The zero-order valence-electron chi connectivity index (χ0n) is 15.7. The summed E-state index contributed by atoms with van der Waals surface area (Å²) in [6.45, 7) is 5.60. The Hall–Kier alpha value is -2.12. The number of methoxy groups -OCH3 is 1. The zero-order valence-corrected chi connectivity index (χ0v) is 15.7. The number of anilines is 1. The molecule has 3 atom stereocenters. The summed E-state index contributed by atoms with van der Waals surface area (Å²) < 4.78 is 5.17. The van der Waals surface area contributed by atoms with Crippen LogP contribution in [-0.4, -0.2) is 55.5 Å². The number of hydrogen-bond donors (Lipinski definition) is 2. The van der Waals surface area contributed by atoms with Crippen LogP contribution in [-0.2, 0) is 9.59 Å². The summed E-state index contributed by atoms with van der Waals surface area (Å²) in [6, 6.07) is 7.12. The van der Waals surface area contributed by atoms with Crippen LogP contribution >= 0.6 is 0 Å². The Morgan fingerprint density at radius 1 is 1.27 bits per heavy atom. The van der Waals surface area contributed by atoms with Gasteiger partial charge < -0.3 is 14.5 Å². The fraction of sp³-hybridized carbons (Fsp3) is 0.579. The normalized spacial score (nSPS) is 26.3. The third-order valence-corrected chi connectivity index (χ3v) is 5.33. The van der Waals surface area contributed by atoms with Gasteiger partial charge in [0.25, 0.3) is 0 Å². The lowest BCUT2D eigenvalue weighted by atomic mass is 9.95. The Kier molecular flexibility index (Phi) is 5.78. The number of nitrogens with zero attached hydrogens (tertiary/aromatic N) is 2. The fourth-order valence-corrected chi connectivity index (χ4v) is 3.79. The molecule has 26 heavy (non-hydrogen) atoms. The van der Waals surface area contributed by atoms with Crippen molar-refractivity contribution >= 4 is 17.5 Å². The molecule has 2 amide bonds. The molecule has 0 spiro atoms. The maximum Gasteiger partial charge on any atom is 0.249 e. The summed E-state index contributed by atoms with van der Waals surface area (Å²) in [4.78, 5) is 29.4. The highest BCUT2D eigenvalue weighted by molar-refractivity contribution is 6.00. The van der Waals surface area contributed by atoms with Gasteiger partial charge in [-0.1, -0.05) is 13.3 Å². The van der Waals surface area contributed by atoms with E-state index in [1.54, 1.807) is 16.9 Å². The van der Waals surface area contributed by atoms with E-state index in [1.807, 2.05) is 31.2 Å². The third kappa shape index (κ3) is 3.54. The van der Waals surface area contributed by atoms with E-state index in [2.05, 4.69) is 17.8 Å². The fourth-order valence-electron chi connectivity index (χ4n) is 3.79. The maximum atomic E-state index is 13.0. The predicted octanol–water partition coefficient (Wildman–Crippen LogP) is 1.15. The van der Waals surface area contributed by atoms with Crippen molar-refractivity contribution in [3.05, 3.63) is 24.3 Å². The minimum atomic E-state index is -0.457. The number of carbonyl (C=O) groups is 2. The Morgan fingerprint density at radius 2 is 2.00 bits per heavy atom. The SMILES string of the molecule is CCCC1NNCC1C(=O)N1CCN(c2ccc(OC)cc2)C(=O)C1C. The van der Waals surface area contributed by atoms with Gasteiger partial charge in [0.1, 0.15) is 11.8 Å². The maximum absolute atomic E-state index is 13.0. The van der Waals surface area contributed by atoms with E-state index in [0.717, 1.165) is 24.3 Å². The lowest BCUT2D eigenvalue weighted by Crippen LogP contribution is -2.59. The first kappa shape index (κ1) is 18.7. The van der Waals surface area contributed by atoms with Crippen LogP contribution in [0.3, 0.4) is 0 Å². The Labute approximate surface area is 154 Å². The van der Waals surface area contributed by atoms with Crippen LogP contribution in [0.15, 0.2) is 24.3 Å². The average Bonchev–Trinajstić information content (AvgIpc) is 3.12. The van der Waals surface area contributed by atoms with Crippen LogP contribution < -0.4 is 20.5 Å². The standard InChI is InChI=1S/C19H28N4O3/c1-4-5-17-16(12-20-21-17)19(25)22-10-11-23(18(24)13(22)2)14-6-8-15(26-3)9-7-14/h6-9,13,16-17,20-21H,4-5,10-12H2,1-3H3. The molecule has 0 aromatic heterocycles. The van der Waals surface area contributed by atoms with Crippen LogP contribution in [0.25, 0.3) is 0 Å². The molecule has 1 aromatic rings. The Bertz CT molecular complexity index is 649. The summed E-state index contributed by atoms with van der Waals surface area (Å²) in [5, 5.41) is 0. The molecule has 2 aliphatic rings. The van der Waals surface area contributed by atoms with Gasteiger partial charge in [0.2, 0.25) is 11.8 Å². The zero-order chi connectivity index (χ0) is 18.7. The molecule has 2 fully saturated rings. The molecule has 7 nitrogen and oxygen atoms in total. The molecule has 1 aromatic carbocycles. The van der Waals surface area contributed by atoms with E-state index < -0.39 is 6.04 Å². The summed E-state index contributed by atoms with van der Waals surface area (Å²) in [5.74, 6) is 0.668. The highest BCUT2D eigenvalue weighted by Crippen LogP contribution is 2.25. The second-order valence-electron chi connectivity index (χ2n) is 6.92. The molecule has 3 unspecified atom stereocenters. The number of carbonyl (C=O) groups excluding carboxylic acids is 2. The molecule has 2 saturated heterocycles. The molecule has 0 radical (unpaired) electrons. The molecule has 7 heteroatoms. The third-order valence-electron chi connectivity index (χ3n) is 5.33. The molecular formula is C19H28N4O3. The quantitative estimate of drug-likeness (QED) is 0.824. The number of ether oxygens (including phenoxy) is 1. The van der Waals surface area contributed by atoms with Gasteiger partial charge in [-0.2, -0.15) is 0 Å². The van der Waals surface area contributed by atoms with Crippen molar-refractivity contribution in [1.29, 1.82) is 0 Å². The number of nitrogens with one attached hydrogen (secondary N) is 2. The van der Waals surface area contributed by atoms with Crippen molar-refractivity contribution in [2.45, 2.75) is 38.8 Å². The van der Waals surface area contributed by atoms with Crippen LogP contribution in [0.1, 0.15) is 26.7 Å². The van der Waals surface area contributed by atoms with Crippen LogP contribution in [0, 0.1) is 5.92 Å². The molecule has 0 aliphatic carbocycles. The van der Waals surface area contributed by atoms with Crippen molar-refractivity contribution in [2.75, 3.05) is 31.6 Å². The second-order valence-corrected chi connectivity index (χ2v) is 6.92. The lowest BCUT2D eigenvalue weighted by Gasteiger charge is -2.40. The molecule has 2 N–H and O–H groups in total. The van der Waals surface area contributed by atoms with Gasteiger partial charge in [-0.25, -0.2) is 0 Å². The summed E-state index contributed by atoms with van der Waals surface area (Å²) in [6.07, 6.45) is 1.96. The number of hydrogen-bond acceptors (Lipinski definition) is 5. The molecule has 0 bridgehead atoms. The molecule has 0 saturated carbocycles. The highest BCUT2D eigenvalue weighted by Gasteiger charge is 2.41. The summed E-state index contributed by atoms with van der Waals surface area (Å²) >= 11 is 0. The van der Waals surface area contributed by atoms with E-state index in [0.29, 0.717) is 19.6 Å². The minimum absolute atomic E-state index is 0.0410. The van der Waals surface area contributed by atoms with Crippen molar-refractivity contribution in [3.63, 3.8) is 0 Å². The van der Waals surface area contributed by atoms with Crippen molar-refractivity contribution in [3.8, 4) is 5.75 Å². The van der Waals surface area contributed by atoms with E-state index in [9.17, 15) is 9.59 Å².